The first-order chi connectivity index (χ1) is 8.19. The zero-order valence-electron chi connectivity index (χ0n) is 9.36. The molecule has 0 atom stereocenters. The highest BCUT2D eigenvalue weighted by Gasteiger charge is 2.17. The minimum absolute atomic E-state index is 0.0900. The monoisotopic (exact) mass is 235 g/mol. The molecule has 17 heavy (non-hydrogen) atoms. The van der Waals surface area contributed by atoms with Crippen molar-refractivity contribution in [1.29, 1.82) is 0 Å². The minimum Gasteiger partial charge on any atom is -0.496 e. The molecule has 0 fully saturated rings. The molecular formula is C12H10FNO3. The van der Waals surface area contributed by atoms with Crippen LogP contribution in [0.3, 0.4) is 0 Å². The van der Waals surface area contributed by atoms with E-state index < -0.39 is 11.8 Å². The van der Waals surface area contributed by atoms with Gasteiger partial charge in [-0.1, -0.05) is 0 Å². The van der Waals surface area contributed by atoms with Crippen LogP contribution in [-0.2, 0) is 4.74 Å². The molecule has 1 aromatic carbocycles. The van der Waals surface area contributed by atoms with Crippen LogP contribution >= 0.6 is 0 Å². The lowest BCUT2D eigenvalue weighted by Crippen LogP contribution is -2.04. The average Bonchev–Trinajstić information content (AvgIpc) is 2.38. The van der Waals surface area contributed by atoms with Crippen molar-refractivity contribution in [2.45, 2.75) is 0 Å². The average molecular weight is 235 g/mol. The highest BCUT2D eigenvalue weighted by Crippen LogP contribution is 2.29. The normalized spacial score (nSPS) is 10.3. The Bertz CT molecular complexity index is 583. The minimum atomic E-state index is -0.554. The van der Waals surface area contributed by atoms with Crippen LogP contribution in [0.25, 0.3) is 10.9 Å². The first-order valence-electron chi connectivity index (χ1n) is 4.88. The van der Waals surface area contributed by atoms with Crippen LogP contribution < -0.4 is 4.74 Å². The summed E-state index contributed by atoms with van der Waals surface area (Å²) in [7, 11) is 2.71. The van der Waals surface area contributed by atoms with Crippen molar-refractivity contribution >= 4 is 16.9 Å². The van der Waals surface area contributed by atoms with Gasteiger partial charge < -0.3 is 9.47 Å². The molecule has 0 unspecified atom stereocenters. The largest absolute Gasteiger partial charge is 0.496 e. The highest BCUT2D eigenvalue weighted by molar-refractivity contribution is 6.05. The van der Waals surface area contributed by atoms with Crippen molar-refractivity contribution in [2.75, 3.05) is 14.2 Å². The van der Waals surface area contributed by atoms with Gasteiger partial charge >= 0.3 is 5.97 Å². The molecule has 0 spiro atoms. The van der Waals surface area contributed by atoms with Crippen molar-refractivity contribution in [3.63, 3.8) is 0 Å². The number of rotatable bonds is 2. The van der Waals surface area contributed by atoms with Gasteiger partial charge in [-0.25, -0.2) is 9.18 Å². The van der Waals surface area contributed by atoms with Crippen molar-refractivity contribution in [2.24, 2.45) is 0 Å². The molecule has 0 aliphatic carbocycles. The fourth-order valence-corrected chi connectivity index (χ4v) is 1.65. The molecule has 0 radical (unpaired) electrons. The summed E-state index contributed by atoms with van der Waals surface area (Å²) in [5.74, 6) is -0.678. The van der Waals surface area contributed by atoms with Gasteiger partial charge in [-0.2, -0.15) is 0 Å². The molecule has 0 saturated heterocycles. The molecule has 0 N–H and O–H groups in total. The third-order valence-corrected chi connectivity index (χ3v) is 2.43. The molecule has 2 rings (SSSR count). The zero-order chi connectivity index (χ0) is 12.4. The molecule has 0 saturated carbocycles. The van der Waals surface area contributed by atoms with Crippen molar-refractivity contribution in [3.05, 3.63) is 35.8 Å². The first-order valence-corrected chi connectivity index (χ1v) is 4.88. The SMILES string of the molecule is COC(=O)c1ccnc2c(F)ccc(OC)c12. The van der Waals surface area contributed by atoms with Crippen LogP contribution in [0.15, 0.2) is 24.4 Å². The van der Waals surface area contributed by atoms with E-state index in [2.05, 4.69) is 9.72 Å². The molecule has 1 aromatic heterocycles. The third kappa shape index (κ3) is 1.80. The number of nitrogens with zero attached hydrogens (tertiary/aromatic N) is 1. The van der Waals surface area contributed by atoms with Gasteiger partial charge in [-0.15, -0.1) is 0 Å². The summed E-state index contributed by atoms with van der Waals surface area (Å²) in [6.07, 6.45) is 1.36. The third-order valence-electron chi connectivity index (χ3n) is 2.43. The van der Waals surface area contributed by atoms with Crippen LogP contribution in [0, 0.1) is 5.82 Å². The number of hydrogen-bond acceptors (Lipinski definition) is 4. The molecule has 88 valence electrons. The summed E-state index contributed by atoms with van der Waals surface area (Å²) >= 11 is 0. The van der Waals surface area contributed by atoms with E-state index in [1.54, 1.807) is 0 Å². The Morgan fingerprint density at radius 1 is 1.29 bits per heavy atom. The van der Waals surface area contributed by atoms with E-state index in [0.29, 0.717) is 11.1 Å². The lowest BCUT2D eigenvalue weighted by atomic mass is 10.1. The van der Waals surface area contributed by atoms with E-state index in [1.165, 1.54) is 38.6 Å². The van der Waals surface area contributed by atoms with E-state index in [9.17, 15) is 9.18 Å². The fraction of sp³-hybridized carbons (Fsp3) is 0.167. The summed E-state index contributed by atoms with van der Waals surface area (Å²) in [5.41, 5.74) is 0.320. The molecule has 0 bridgehead atoms. The number of carbonyl (C=O) groups is 1. The van der Waals surface area contributed by atoms with Crippen molar-refractivity contribution in [1.82, 2.24) is 4.98 Å². The summed E-state index contributed by atoms with van der Waals surface area (Å²) in [6.45, 7) is 0. The Balaban J connectivity index is 2.85. The smallest absolute Gasteiger partial charge is 0.338 e. The Labute approximate surface area is 97.0 Å². The number of fused-ring (bicyclic) bond motifs is 1. The van der Waals surface area contributed by atoms with E-state index >= 15 is 0 Å². The number of carbonyl (C=O) groups excluding carboxylic acids is 1. The topological polar surface area (TPSA) is 48.4 Å². The summed E-state index contributed by atoms with van der Waals surface area (Å²) in [4.78, 5) is 15.5. The number of aromatic nitrogens is 1. The summed E-state index contributed by atoms with van der Waals surface area (Å²) < 4.78 is 23.3. The Hall–Kier alpha value is -2.17. The van der Waals surface area contributed by atoms with Crippen LogP contribution in [0.5, 0.6) is 5.75 Å². The molecule has 4 nitrogen and oxygen atoms in total. The number of methoxy groups -OCH3 is 2. The van der Waals surface area contributed by atoms with E-state index in [0.717, 1.165) is 0 Å². The van der Waals surface area contributed by atoms with Gasteiger partial charge in [0.05, 0.1) is 25.2 Å². The number of benzene rings is 1. The van der Waals surface area contributed by atoms with Gasteiger partial charge in [0, 0.05) is 6.20 Å². The Morgan fingerprint density at radius 2 is 2.06 bits per heavy atom. The Kier molecular flexibility index (Phi) is 2.91. The molecule has 2 aromatic rings. The molecule has 0 amide bonds. The van der Waals surface area contributed by atoms with Crippen LogP contribution in [-0.4, -0.2) is 25.2 Å². The zero-order valence-corrected chi connectivity index (χ0v) is 9.36. The second-order valence-corrected chi connectivity index (χ2v) is 3.32. The molecular weight excluding hydrogens is 225 g/mol. The van der Waals surface area contributed by atoms with Gasteiger partial charge in [0.15, 0.2) is 0 Å². The first kappa shape index (κ1) is 11.3. The van der Waals surface area contributed by atoms with Crippen LogP contribution in [0.2, 0.25) is 0 Å². The lowest BCUT2D eigenvalue weighted by Gasteiger charge is -2.09. The maximum Gasteiger partial charge on any atom is 0.338 e. The second kappa shape index (κ2) is 4.37. The van der Waals surface area contributed by atoms with E-state index in [4.69, 9.17) is 4.74 Å². The van der Waals surface area contributed by atoms with Crippen molar-refractivity contribution < 1.29 is 18.7 Å². The second-order valence-electron chi connectivity index (χ2n) is 3.32. The molecule has 0 aliphatic heterocycles. The number of halogens is 1. The Morgan fingerprint density at radius 3 is 2.71 bits per heavy atom. The van der Waals surface area contributed by atoms with Gasteiger partial charge in [0.2, 0.25) is 0 Å². The number of pyridine rings is 1. The number of hydrogen-bond donors (Lipinski definition) is 0. The quantitative estimate of drug-likeness (QED) is 0.748. The van der Waals surface area contributed by atoms with Gasteiger partial charge in [-0.05, 0) is 18.2 Å². The van der Waals surface area contributed by atoms with Gasteiger partial charge in [0.1, 0.15) is 17.1 Å². The maximum atomic E-state index is 13.6. The number of esters is 1. The van der Waals surface area contributed by atoms with E-state index in [1.807, 2.05) is 0 Å². The predicted octanol–water partition coefficient (Wildman–Crippen LogP) is 2.17. The lowest BCUT2D eigenvalue weighted by molar-refractivity contribution is 0.0602. The molecule has 5 heteroatoms. The predicted molar refractivity (Wildman–Crippen MR) is 59.6 cm³/mol. The van der Waals surface area contributed by atoms with E-state index in [-0.39, 0.29) is 11.1 Å². The molecule has 1 heterocycles. The highest BCUT2D eigenvalue weighted by atomic mass is 19.1. The van der Waals surface area contributed by atoms with Gasteiger partial charge in [-0.3, -0.25) is 4.98 Å². The summed E-state index contributed by atoms with van der Waals surface area (Å²) in [6, 6.07) is 4.16. The molecule has 0 aliphatic rings. The number of ether oxygens (including phenoxy) is 2. The standard InChI is InChI=1S/C12H10FNO3/c1-16-9-4-3-8(13)11-10(9)7(5-6-14-11)12(15)17-2/h3-6H,1-2H3. The van der Waals surface area contributed by atoms with Crippen LogP contribution in [0.4, 0.5) is 4.39 Å². The fourth-order valence-electron chi connectivity index (χ4n) is 1.65. The van der Waals surface area contributed by atoms with Gasteiger partial charge in [0.25, 0.3) is 0 Å². The van der Waals surface area contributed by atoms with Crippen molar-refractivity contribution in [3.8, 4) is 5.75 Å². The summed E-state index contributed by atoms with van der Waals surface area (Å²) in [5, 5.41) is 0.321. The maximum absolute atomic E-state index is 13.6. The van der Waals surface area contributed by atoms with Crippen LogP contribution in [0.1, 0.15) is 10.4 Å².